The molecule has 1 saturated carbocycles. The lowest BCUT2D eigenvalue weighted by molar-refractivity contribution is 0.162. The minimum Gasteiger partial charge on any atom is -0.335 e. The summed E-state index contributed by atoms with van der Waals surface area (Å²) in [5.74, 6) is 0. The molecular formula is C47H42BN3. The van der Waals surface area contributed by atoms with E-state index in [9.17, 15) is 0 Å². The van der Waals surface area contributed by atoms with E-state index in [1.54, 1.807) is 5.56 Å². The predicted molar refractivity (Wildman–Crippen MR) is 217 cm³/mol. The van der Waals surface area contributed by atoms with E-state index in [1.165, 1.54) is 116 Å². The highest BCUT2D eigenvalue weighted by Crippen LogP contribution is 2.64. The molecule has 0 bridgehead atoms. The number of fused-ring (bicyclic) bond motifs is 11. The van der Waals surface area contributed by atoms with Crippen molar-refractivity contribution < 1.29 is 0 Å². The minimum absolute atomic E-state index is 0.0444. The summed E-state index contributed by atoms with van der Waals surface area (Å²) in [5.41, 5.74) is 18.0. The number of hydrogen-bond acceptors (Lipinski definition) is 2. The largest absolute Gasteiger partial charge is 0.335 e. The van der Waals surface area contributed by atoms with E-state index in [0.717, 1.165) is 0 Å². The Hall–Kier alpha value is -5.22. The highest BCUT2D eigenvalue weighted by molar-refractivity contribution is 7.00. The highest BCUT2D eigenvalue weighted by Gasteiger charge is 2.63. The number of para-hydroxylation sites is 4. The molecule has 0 radical (unpaired) electrons. The lowest BCUT2D eigenvalue weighted by Gasteiger charge is -2.53. The van der Waals surface area contributed by atoms with Gasteiger partial charge in [-0.25, -0.2) is 0 Å². The van der Waals surface area contributed by atoms with Gasteiger partial charge in [0.15, 0.2) is 0 Å². The van der Waals surface area contributed by atoms with Gasteiger partial charge >= 0.3 is 0 Å². The minimum atomic E-state index is 0.0444. The lowest BCUT2D eigenvalue weighted by Crippen LogP contribution is -2.64. The Morgan fingerprint density at radius 1 is 0.647 bits per heavy atom. The first-order valence-corrected chi connectivity index (χ1v) is 19.1. The van der Waals surface area contributed by atoms with Gasteiger partial charge in [0.1, 0.15) is 0 Å². The Morgan fingerprint density at radius 3 is 2.08 bits per heavy atom. The van der Waals surface area contributed by atoms with Crippen LogP contribution >= 0.6 is 0 Å². The fraction of sp³-hybridized carbons (Fsp3) is 0.234. The molecule has 1 fully saturated rings. The van der Waals surface area contributed by atoms with Crippen LogP contribution in [-0.4, -0.2) is 16.8 Å². The van der Waals surface area contributed by atoms with E-state index in [2.05, 4.69) is 163 Å². The number of benzene rings is 6. The van der Waals surface area contributed by atoms with Crippen molar-refractivity contribution in [1.29, 1.82) is 0 Å². The number of hydrogen-bond donors (Lipinski definition) is 0. The predicted octanol–water partition coefficient (Wildman–Crippen LogP) is 10.2. The fourth-order valence-corrected chi connectivity index (χ4v) is 11.5. The summed E-state index contributed by atoms with van der Waals surface area (Å²) in [6, 6.07) is 48.1. The van der Waals surface area contributed by atoms with Gasteiger partial charge in [-0.3, -0.25) is 0 Å². The molecule has 4 heterocycles. The molecule has 6 aromatic carbocycles. The molecule has 1 aromatic heterocycles. The van der Waals surface area contributed by atoms with E-state index in [4.69, 9.17) is 0 Å². The molecule has 3 aliphatic heterocycles. The van der Waals surface area contributed by atoms with Crippen molar-refractivity contribution in [1.82, 2.24) is 4.57 Å². The summed E-state index contributed by atoms with van der Waals surface area (Å²) >= 11 is 0. The SMILES string of the molecule is CCCC12CCCCC1(C)N1c3ccccc3B3c4ccc(-n5c6ccccc6c6ccccc65)cc4N(c4ccccc4)c4cc(C)c2c1c43. The maximum absolute atomic E-state index is 2.87. The Balaban J connectivity index is 1.25. The smallest absolute Gasteiger partial charge is 0.252 e. The van der Waals surface area contributed by atoms with Crippen LogP contribution in [0.15, 0.2) is 127 Å². The molecule has 1 aliphatic carbocycles. The standard InChI is InChI=1S/C47H42BN3/c1-4-26-47-28-15-14-27-46(47,3)51-40-23-13-10-20-36(40)48-37-25-24-33(50-38-21-11-8-18-34(38)35-19-9-12-22-39(35)50)30-41(37)49(32-16-6-5-7-17-32)42-29-31(2)43(47)45(51)44(42)48/h5-13,16-25,29-30H,4,14-15,26-28H2,1-3H3. The van der Waals surface area contributed by atoms with Crippen LogP contribution in [0.5, 0.6) is 0 Å². The number of aryl methyl sites for hydroxylation is 1. The zero-order chi connectivity index (χ0) is 34.1. The molecule has 2 unspecified atom stereocenters. The molecule has 0 saturated heterocycles. The van der Waals surface area contributed by atoms with E-state index in [1.807, 2.05) is 0 Å². The van der Waals surface area contributed by atoms with E-state index in [-0.39, 0.29) is 17.7 Å². The van der Waals surface area contributed by atoms with Crippen LogP contribution in [0.3, 0.4) is 0 Å². The maximum atomic E-state index is 2.87. The quantitative estimate of drug-likeness (QED) is 0.174. The second kappa shape index (κ2) is 10.4. The van der Waals surface area contributed by atoms with Gasteiger partial charge in [-0.1, -0.05) is 105 Å². The van der Waals surface area contributed by atoms with Crippen LogP contribution in [0.2, 0.25) is 0 Å². The number of rotatable bonds is 4. The van der Waals surface area contributed by atoms with E-state index >= 15 is 0 Å². The first-order chi connectivity index (χ1) is 25.1. The zero-order valence-corrected chi connectivity index (χ0v) is 29.8. The Kier molecular flexibility index (Phi) is 6.03. The van der Waals surface area contributed by atoms with Crippen molar-refractivity contribution in [3.8, 4) is 5.69 Å². The van der Waals surface area contributed by atoms with Gasteiger partial charge < -0.3 is 14.4 Å². The van der Waals surface area contributed by atoms with Crippen molar-refractivity contribution >= 4 is 73.3 Å². The van der Waals surface area contributed by atoms with Crippen LogP contribution in [-0.2, 0) is 5.41 Å². The van der Waals surface area contributed by atoms with Crippen LogP contribution in [0.1, 0.15) is 63.5 Å². The summed E-state index contributed by atoms with van der Waals surface area (Å²) in [6.45, 7) is 7.60. The third-order valence-electron chi connectivity index (χ3n) is 13.4. The molecule has 4 heteroatoms. The number of nitrogens with zero attached hydrogens (tertiary/aromatic N) is 3. The summed E-state index contributed by atoms with van der Waals surface area (Å²) in [7, 11) is 0. The zero-order valence-electron chi connectivity index (χ0n) is 29.8. The van der Waals surface area contributed by atoms with Crippen LogP contribution in [0, 0.1) is 6.92 Å². The Bertz CT molecular complexity index is 2510. The van der Waals surface area contributed by atoms with Gasteiger partial charge in [0, 0.05) is 50.3 Å². The molecule has 3 nitrogen and oxygen atoms in total. The summed E-state index contributed by atoms with van der Waals surface area (Å²) in [4.78, 5) is 5.46. The lowest BCUT2D eigenvalue weighted by atomic mass is 9.33. The topological polar surface area (TPSA) is 11.4 Å². The second-order valence-electron chi connectivity index (χ2n) is 15.8. The van der Waals surface area contributed by atoms with Crippen LogP contribution in [0.25, 0.3) is 27.5 Å². The Morgan fingerprint density at radius 2 is 1.31 bits per heavy atom. The van der Waals surface area contributed by atoms with Gasteiger partial charge in [0.2, 0.25) is 0 Å². The molecule has 4 aliphatic rings. The third-order valence-corrected chi connectivity index (χ3v) is 13.4. The molecule has 7 aromatic rings. The molecule has 51 heavy (non-hydrogen) atoms. The molecule has 248 valence electrons. The molecule has 0 spiro atoms. The van der Waals surface area contributed by atoms with Gasteiger partial charge in [0.05, 0.1) is 16.6 Å². The third kappa shape index (κ3) is 3.61. The Labute approximate surface area is 301 Å². The fourth-order valence-electron chi connectivity index (χ4n) is 11.5. The van der Waals surface area contributed by atoms with E-state index in [0.29, 0.717) is 0 Å². The molecule has 11 rings (SSSR count). The molecule has 0 N–H and O–H groups in total. The van der Waals surface area contributed by atoms with Gasteiger partial charge in [-0.2, -0.15) is 0 Å². The van der Waals surface area contributed by atoms with Crippen molar-refractivity contribution in [3.63, 3.8) is 0 Å². The normalized spacial score (nSPS) is 21.1. The average molecular weight is 660 g/mol. The van der Waals surface area contributed by atoms with Crippen molar-refractivity contribution in [3.05, 3.63) is 139 Å². The van der Waals surface area contributed by atoms with Crippen LogP contribution < -0.4 is 26.2 Å². The van der Waals surface area contributed by atoms with Gasteiger partial charge in [0.25, 0.3) is 6.71 Å². The summed E-state index contributed by atoms with van der Waals surface area (Å²) < 4.78 is 2.47. The van der Waals surface area contributed by atoms with E-state index < -0.39 is 0 Å². The second-order valence-corrected chi connectivity index (χ2v) is 15.8. The molecule has 0 amide bonds. The maximum Gasteiger partial charge on any atom is 0.252 e. The van der Waals surface area contributed by atoms with Crippen molar-refractivity contribution in [2.45, 2.75) is 70.3 Å². The highest BCUT2D eigenvalue weighted by atomic mass is 15.3. The molecule has 2 atom stereocenters. The van der Waals surface area contributed by atoms with Crippen LogP contribution in [0.4, 0.5) is 28.4 Å². The first kappa shape index (κ1) is 29.5. The molecular weight excluding hydrogens is 617 g/mol. The first-order valence-electron chi connectivity index (χ1n) is 19.1. The monoisotopic (exact) mass is 659 g/mol. The summed E-state index contributed by atoms with van der Waals surface area (Å²) in [6.07, 6.45) is 7.55. The van der Waals surface area contributed by atoms with Crippen molar-refractivity contribution in [2.75, 3.05) is 9.80 Å². The number of aromatic nitrogens is 1. The van der Waals surface area contributed by atoms with Crippen molar-refractivity contribution in [2.24, 2.45) is 0 Å². The number of anilines is 5. The summed E-state index contributed by atoms with van der Waals surface area (Å²) in [5, 5.41) is 2.58. The van der Waals surface area contributed by atoms with Gasteiger partial charge in [-0.05, 0) is 109 Å². The van der Waals surface area contributed by atoms with Gasteiger partial charge in [-0.15, -0.1) is 0 Å². The average Bonchev–Trinajstić information content (AvgIpc) is 3.62.